The lowest BCUT2D eigenvalue weighted by molar-refractivity contribution is 0.348. The number of rotatable bonds is 8. The first kappa shape index (κ1) is 23.6. The molecule has 1 aliphatic heterocycles. The van der Waals surface area contributed by atoms with Crippen LogP contribution in [0.4, 0.5) is 5.69 Å². The van der Waals surface area contributed by atoms with Gasteiger partial charge in [-0.2, -0.15) is 0 Å². The van der Waals surface area contributed by atoms with E-state index in [9.17, 15) is 8.42 Å². The van der Waals surface area contributed by atoms with Crippen molar-refractivity contribution in [2.24, 2.45) is 10.4 Å². The van der Waals surface area contributed by atoms with Gasteiger partial charge < -0.3 is 20.3 Å². The van der Waals surface area contributed by atoms with Crippen molar-refractivity contribution in [2.45, 2.75) is 32.7 Å². The number of nitrogens with zero attached hydrogens (tertiary/aromatic N) is 2. The lowest BCUT2D eigenvalue weighted by Gasteiger charge is -2.27. The number of guanidine groups is 1. The van der Waals surface area contributed by atoms with E-state index < -0.39 is 9.84 Å². The molecule has 1 unspecified atom stereocenters. The summed E-state index contributed by atoms with van der Waals surface area (Å²) in [5.41, 5.74) is 0.838. The molecule has 1 heterocycles. The van der Waals surface area contributed by atoms with Crippen LogP contribution in [-0.2, 0) is 9.84 Å². The Hall–Kier alpha value is -1.67. The van der Waals surface area contributed by atoms with Crippen LogP contribution in [0.1, 0.15) is 26.7 Å². The summed E-state index contributed by atoms with van der Waals surface area (Å²) in [6.45, 7) is 6.46. The van der Waals surface area contributed by atoms with Crippen LogP contribution in [0.15, 0.2) is 23.2 Å². The van der Waals surface area contributed by atoms with E-state index in [-0.39, 0.29) is 17.2 Å². The molecular formula is C20H33ClN4O3S. The zero-order valence-corrected chi connectivity index (χ0v) is 19.5. The van der Waals surface area contributed by atoms with Crippen LogP contribution in [-0.4, -0.2) is 66.2 Å². The fraction of sp³-hybridized carbons (Fsp3) is 0.650. The molecule has 1 atom stereocenters. The number of nitrogens with one attached hydrogen (secondary N) is 2. The average molecular weight is 445 g/mol. The van der Waals surface area contributed by atoms with Crippen LogP contribution in [0.5, 0.6) is 5.75 Å². The monoisotopic (exact) mass is 444 g/mol. The molecule has 2 N–H and O–H groups in total. The Bertz CT molecular complexity index is 827. The van der Waals surface area contributed by atoms with Crippen LogP contribution < -0.4 is 20.3 Å². The maximum absolute atomic E-state index is 11.4. The van der Waals surface area contributed by atoms with Gasteiger partial charge in [-0.1, -0.05) is 25.4 Å². The average Bonchev–Trinajstić information content (AvgIpc) is 3.11. The molecule has 0 aliphatic carbocycles. The van der Waals surface area contributed by atoms with Crippen molar-refractivity contribution in [3.8, 4) is 5.75 Å². The number of hydrogen-bond donors (Lipinski definition) is 2. The molecule has 1 aromatic rings. The summed E-state index contributed by atoms with van der Waals surface area (Å²) in [5, 5.41) is 7.49. The molecule has 1 aromatic carbocycles. The number of sulfone groups is 1. The van der Waals surface area contributed by atoms with Crippen molar-refractivity contribution in [1.29, 1.82) is 0 Å². The molecule has 164 valence electrons. The fourth-order valence-corrected chi connectivity index (χ4v) is 4.36. The van der Waals surface area contributed by atoms with Crippen LogP contribution in [0, 0.1) is 5.41 Å². The molecule has 29 heavy (non-hydrogen) atoms. The maximum atomic E-state index is 11.4. The molecule has 0 radical (unpaired) electrons. The van der Waals surface area contributed by atoms with E-state index >= 15 is 0 Å². The lowest BCUT2D eigenvalue weighted by Crippen LogP contribution is -2.47. The van der Waals surface area contributed by atoms with Crippen molar-refractivity contribution >= 4 is 33.1 Å². The van der Waals surface area contributed by atoms with Gasteiger partial charge in [-0.3, -0.25) is 4.99 Å². The molecule has 0 saturated carbocycles. The van der Waals surface area contributed by atoms with E-state index in [1.54, 1.807) is 14.2 Å². The van der Waals surface area contributed by atoms with Gasteiger partial charge in [-0.25, -0.2) is 8.42 Å². The minimum Gasteiger partial charge on any atom is -0.495 e. The second-order valence-corrected chi connectivity index (χ2v) is 11.1. The summed E-state index contributed by atoms with van der Waals surface area (Å²) < 4.78 is 28.4. The van der Waals surface area contributed by atoms with E-state index in [0.717, 1.165) is 36.9 Å². The third-order valence-corrected chi connectivity index (χ3v) is 6.30. The summed E-state index contributed by atoms with van der Waals surface area (Å²) in [6, 6.07) is 5.88. The van der Waals surface area contributed by atoms with Gasteiger partial charge in [-0.15, -0.1) is 0 Å². The first-order valence-electron chi connectivity index (χ1n) is 9.76. The summed E-state index contributed by atoms with van der Waals surface area (Å²) in [6.07, 6.45) is 2.84. The zero-order chi connectivity index (χ0) is 21.7. The highest BCUT2D eigenvalue weighted by atomic mass is 35.5. The van der Waals surface area contributed by atoms with Gasteiger partial charge in [-0.05, 0) is 36.5 Å². The normalized spacial score (nSPS) is 18.1. The van der Waals surface area contributed by atoms with Gasteiger partial charge in [0.2, 0.25) is 0 Å². The van der Waals surface area contributed by atoms with E-state index in [0.29, 0.717) is 18.0 Å². The number of ether oxygens (including phenoxy) is 1. The second-order valence-electron chi connectivity index (χ2n) is 8.36. The van der Waals surface area contributed by atoms with E-state index in [1.165, 1.54) is 6.26 Å². The molecule has 7 nitrogen and oxygen atoms in total. The molecular weight excluding hydrogens is 412 g/mol. The zero-order valence-electron chi connectivity index (χ0n) is 18.0. The Morgan fingerprint density at radius 1 is 1.41 bits per heavy atom. The molecule has 0 spiro atoms. The van der Waals surface area contributed by atoms with Crippen LogP contribution in [0.3, 0.4) is 0 Å². The minimum atomic E-state index is -2.96. The molecule has 0 amide bonds. The number of hydrogen-bond acceptors (Lipinski definition) is 5. The summed E-state index contributed by atoms with van der Waals surface area (Å²) in [7, 11) is 0.444. The summed E-state index contributed by atoms with van der Waals surface area (Å²) in [5.74, 6) is 1.72. The van der Waals surface area contributed by atoms with Gasteiger partial charge in [0.1, 0.15) is 15.6 Å². The molecule has 1 aliphatic rings. The van der Waals surface area contributed by atoms with Crippen molar-refractivity contribution in [1.82, 2.24) is 10.6 Å². The number of halogens is 1. The molecule has 1 fully saturated rings. The highest BCUT2D eigenvalue weighted by molar-refractivity contribution is 7.90. The topological polar surface area (TPSA) is 83.0 Å². The predicted molar refractivity (Wildman–Crippen MR) is 121 cm³/mol. The Kier molecular flexibility index (Phi) is 8.05. The van der Waals surface area contributed by atoms with Crippen molar-refractivity contribution < 1.29 is 13.2 Å². The van der Waals surface area contributed by atoms with E-state index in [4.69, 9.17) is 16.3 Å². The number of benzene rings is 1. The molecule has 1 saturated heterocycles. The smallest absolute Gasteiger partial charge is 0.191 e. The van der Waals surface area contributed by atoms with Gasteiger partial charge in [0.15, 0.2) is 5.96 Å². The Morgan fingerprint density at radius 3 is 2.76 bits per heavy atom. The predicted octanol–water partition coefficient (Wildman–Crippen LogP) is 2.55. The Balaban J connectivity index is 1.90. The number of anilines is 1. The number of methoxy groups -OCH3 is 1. The second kappa shape index (κ2) is 9.89. The van der Waals surface area contributed by atoms with Crippen molar-refractivity contribution in [3.05, 3.63) is 23.2 Å². The Labute approximate surface area is 179 Å². The summed E-state index contributed by atoms with van der Waals surface area (Å²) in [4.78, 5) is 6.58. The largest absolute Gasteiger partial charge is 0.495 e. The quantitative estimate of drug-likeness (QED) is 0.473. The van der Waals surface area contributed by atoms with Gasteiger partial charge >= 0.3 is 0 Å². The SMILES string of the molecule is CN=C(NCC(C)(C)CCS(C)(=O)=O)NC1CCN(c2cc(Cl)ccc2OC)C1. The highest BCUT2D eigenvalue weighted by Gasteiger charge is 2.26. The molecule has 0 aromatic heterocycles. The van der Waals surface area contributed by atoms with E-state index in [1.807, 2.05) is 18.2 Å². The lowest BCUT2D eigenvalue weighted by atomic mass is 9.90. The third kappa shape index (κ3) is 7.59. The van der Waals surface area contributed by atoms with E-state index in [2.05, 4.69) is 34.4 Å². The van der Waals surface area contributed by atoms with Gasteiger partial charge in [0.05, 0.1) is 18.6 Å². The van der Waals surface area contributed by atoms with Crippen LogP contribution in [0.25, 0.3) is 0 Å². The maximum Gasteiger partial charge on any atom is 0.191 e. The first-order valence-corrected chi connectivity index (χ1v) is 12.2. The van der Waals surface area contributed by atoms with Gasteiger partial charge in [0, 0.05) is 44.0 Å². The molecule has 9 heteroatoms. The van der Waals surface area contributed by atoms with Crippen molar-refractivity contribution in [3.63, 3.8) is 0 Å². The minimum absolute atomic E-state index is 0.156. The summed E-state index contributed by atoms with van der Waals surface area (Å²) >= 11 is 6.17. The first-order chi connectivity index (χ1) is 13.5. The van der Waals surface area contributed by atoms with Gasteiger partial charge in [0.25, 0.3) is 0 Å². The highest BCUT2D eigenvalue weighted by Crippen LogP contribution is 2.33. The van der Waals surface area contributed by atoms with Crippen molar-refractivity contribution in [2.75, 3.05) is 50.7 Å². The molecule has 0 bridgehead atoms. The van der Waals surface area contributed by atoms with Crippen LogP contribution >= 0.6 is 11.6 Å². The van der Waals surface area contributed by atoms with Crippen LogP contribution in [0.2, 0.25) is 5.02 Å². The molecule has 2 rings (SSSR count). The standard InChI is InChI=1S/C20H33ClN4O3S/c1-20(2,9-11-29(5,26)27)14-23-19(22-3)24-16-8-10-25(13-16)17-12-15(21)6-7-18(17)28-4/h6-7,12,16H,8-11,13-14H2,1-5H3,(H2,22,23,24). The third-order valence-electron chi connectivity index (χ3n) is 5.12. The fourth-order valence-electron chi connectivity index (χ4n) is 3.27. The Morgan fingerprint density at radius 2 is 2.14 bits per heavy atom. The number of aliphatic imine (C=N–C) groups is 1.